The van der Waals surface area contributed by atoms with Crippen molar-refractivity contribution in [2.24, 2.45) is 11.1 Å². The summed E-state index contributed by atoms with van der Waals surface area (Å²) in [4.78, 5) is 77.9. The Hall–Kier alpha value is -5.68. The smallest absolute Gasteiger partial charge is 0.248 e. The number of halogens is 2. The topological polar surface area (TPSA) is 217 Å². The van der Waals surface area contributed by atoms with E-state index in [1.807, 2.05) is 55.7 Å². The van der Waals surface area contributed by atoms with Crippen molar-refractivity contribution in [1.82, 2.24) is 36.1 Å². The van der Waals surface area contributed by atoms with Crippen molar-refractivity contribution in [2.45, 2.75) is 65.2 Å². The van der Waals surface area contributed by atoms with Gasteiger partial charge in [0.15, 0.2) is 0 Å². The van der Waals surface area contributed by atoms with Crippen LogP contribution in [0.3, 0.4) is 0 Å². The first-order chi connectivity index (χ1) is 26.4. The minimum Gasteiger partial charge on any atom is -0.387 e. The monoisotopic (exact) mass is 782 g/mol. The van der Waals surface area contributed by atoms with Gasteiger partial charge in [-0.1, -0.05) is 51.1 Å². The number of primary amides is 1. The molecule has 0 saturated heterocycles. The van der Waals surface area contributed by atoms with Crippen molar-refractivity contribution in [3.63, 3.8) is 0 Å². The standard InChI is InChI=1S/C39H52F2N8O7/c1-24(51)45-20-34(53)46-31(19-33(42)52)38(56)47-30(37(55)44-15-14-43-5)13-16-49(35(54)23-50)36(39(2,3)4)32-17-26(28-18-27(40)11-12-29(28)41)22-48(32)21-25-9-7-6-8-10-25/h6-12,17-18,22,30-31,36,43,50H,13-16,19-21,23H2,1-5H3,(H2,42,52)(H,44,55)(H,45,51)(H,46,53)(H,47,56)/t30-,31-,36-/m0/s1. The Labute approximate surface area is 324 Å². The molecule has 0 fully saturated rings. The maximum atomic E-state index is 15.2. The van der Waals surface area contributed by atoms with Crippen LogP contribution >= 0.6 is 0 Å². The third kappa shape index (κ3) is 13.3. The fourth-order valence-corrected chi connectivity index (χ4v) is 6.20. The van der Waals surface area contributed by atoms with E-state index >= 15 is 4.39 Å². The Morgan fingerprint density at radius 3 is 2.21 bits per heavy atom. The molecule has 15 nitrogen and oxygen atoms in total. The molecule has 8 N–H and O–H groups in total. The summed E-state index contributed by atoms with van der Waals surface area (Å²) < 4.78 is 31.4. The molecule has 0 spiro atoms. The predicted molar refractivity (Wildman–Crippen MR) is 204 cm³/mol. The van der Waals surface area contributed by atoms with E-state index in [9.17, 15) is 38.3 Å². The first-order valence-corrected chi connectivity index (χ1v) is 18.1. The van der Waals surface area contributed by atoms with Gasteiger partial charge in [0.05, 0.1) is 19.0 Å². The van der Waals surface area contributed by atoms with Crippen LogP contribution in [0.2, 0.25) is 0 Å². The lowest BCUT2D eigenvalue weighted by atomic mass is 9.82. The maximum absolute atomic E-state index is 15.2. The number of rotatable bonds is 20. The minimum absolute atomic E-state index is 0.00135. The second-order valence-electron chi connectivity index (χ2n) is 14.3. The van der Waals surface area contributed by atoms with Crippen molar-refractivity contribution in [3.05, 3.63) is 83.7 Å². The van der Waals surface area contributed by atoms with E-state index in [0.29, 0.717) is 17.8 Å². The number of aliphatic hydroxyl groups excluding tert-OH is 1. The van der Waals surface area contributed by atoms with Gasteiger partial charge in [0.2, 0.25) is 35.4 Å². The van der Waals surface area contributed by atoms with E-state index in [1.54, 1.807) is 19.3 Å². The number of likely N-dealkylation sites (N-methyl/N-ethyl adjacent to an activating group) is 1. The predicted octanol–water partition coefficient (Wildman–Crippen LogP) is 1.10. The molecule has 0 saturated carbocycles. The number of nitrogens with zero attached hydrogens (tertiary/aromatic N) is 2. The molecule has 0 aliphatic heterocycles. The Kier molecular flexibility index (Phi) is 16.6. The van der Waals surface area contributed by atoms with Crippen LogP contribution in [-0.2, 0) is 35.3 Å². The Balaban J connectivity index is 2.07. The molecule has 0 bridgehead atoms. The number of carbonyl (C=O) groups is 6. The summed E-state index contributed by atoms with van der Waals surface area (Å²) >= 11 is 0. The Bertz CT molecular complexity index is 1850. The number of nitrogens with two attached hydrogens (primary N) is 1. The molecule has 1 heterocycles. The molecule has 1 aromatic heterocycles. The van der Waals surface area contributed by atoms with E-state index in [-0.39, 0.29) is 31.6 Å². The second-order valence-corrected chi connectivity index (χ2v) is 14.3. The number of amides is 6. The van der Waals surface area contributed by atoms with Gasteiger partial charge in [-0.3, -0.25) is 28.8 Å². The first kappa shape index (κ1) is 44.7. The highest BCUT2D eigenvalue weighted by atomic mass is 19.1. The third-order valence-electron chi connectivity index (χ3n) is 8.75. The van der Waals surface area contributed by atoms with Crippen LogP contribution in [0.4, 0.5) is 8.78 Å². The zero-order chi connectivity index (χ0) is 41.6. The fraction of sp³-hybridized carbons (Fsp3) is 0.436. The molecule has 3 atom stereocenters. The van der Waals surface area contributed by atoms with Crippen LogP contribution in [0.5, 0.6) is 0 Å². The van der Waals surface area contributed by atoms with Crippen LogP contribution < -0.4 is 32.3 Å². The molecular weight excluding hydrogens is 730 g/mol. The molecule has 0 unspecified atom stereocenters. The minimum atomic E-state index is -1.51. The summed E-state index contributed by atoms with van der Waals surface area (Å²) in [5.74, 6) is -5.81. The highest BCUT2D eigenvalue weighted by molar-refractivity contribution is 5.95. The summed E-state index contributed by atoms with van der Waals surface area (Å²) in [7, 11) is 1.68. The molecule has 3 rings (SSSR count). The van der Waals surface area contributed by atoms with Crippen LogP contribution in [0.15, 0.2) is 60.8 Å². The SMILES string of the molecule is CNCCNC(=O)[C@H](CCN(C(=O)CO)[C@@H](c1cc(-c2cc(F)ccc2F)cn1Cc1ccccc1)C(C)(C)C)NC(=O)[C@H](CC(N)=O)NC(=O)CNC(C)=O. The van der Waals surface area contributed by atoms with E-state index in [2.05, 4.69) is 26.6 Å². The molecule has 56 heavy (non-hydrogen) atoms. The van der Waals surface area contributed by atoms with Gasteiger partial charge in [-0.05, 0) is 48.7 Å². The molecule has 6 amide bonds. The lowest BCUT2D eigenvalue weighted by Gasteiger charge is -2.41. The summed E-state index contributed by atoms with van der Waals surface area (Å²) in [6.45, 7) is 5.99. The van der Waals surface area contributed by atoms with Gasteiger partial charge in [0.1, 0.15) is 30.3 Å². The molecule has 0 aliphatic carbocycles. The van der Waals surface area contributed by atoms with Crippen molar-refractivity contribution >= 4 is 35.4 Å². The highest BCUT2D eigenvalue weighted by Gasteiger charge is 2.38. The van der Waals surface area contributed by atoms with Crippen molar-refractivity contribution in [1.29, 1.82) is 0 Å². The van der Waals surface area contributed by atoms with Crippen molar-refractivity contribution < 1.29 is 42.7 Å². The summed E-state index contributed by atoms with van der Waals surface area (Å²) in [5, 5.41) is 23.0. The van der Waals surface area contributed by atoms with Gasteiger partial charge in [0, 0.05) is 56.1 Å². The lowest BCUT2D eigenvalue weighted by molar-refractivity contribution is -0.140. The fourth-order valence-electron chi connectivity index (χ4n) is 6.20. The van der Waals surface area contributed by atoms with E-state index in [4.69, 9.17) is 5.73 Å². The normalized spacial score (nSPS) is 12.9. The zero-order valence-corrected chi connectivity index (χ0v) is 32.3. The first-order valence-electron chi connectivity index (χ1n) is 18.1. The number of aliphatic hydroxyl groups is 1. The Morgan fingerprint density at radius 1 is 0.911 bits per heavy atom. The molecular formula is C39H52F2N8O7. The van der Waals surface area contributed by atoms with Gasteiger partial charge < -0.3 is 46.9 Å². The molecule has 3 aromatic rings. The molecule has 2 aromatic carbocycles. The number of benzene rings is 2. The van der Waals surface area contributed by atoms with E-state index < -0.39 is 90.2 Å². The van der Waals surface area contributed by atoms with Gasteiger partial charge in [-0.15, -0.1) is 0 Å². The van der Waals surface area contributed by atoms with Gasteiger partial charge in [-0.25, -0.2) is 8.78 Å². The second kappa shape index (κ2) is 20.8. The van der Waals surface area contributed by atoms with Crippen LogP contribution in [0.25, 0.3) is 11.1 Å². The van der Waals surface area contributed by atoms with E-state index in [0.717, 1.165) is 23.8 Å². The van der Waals surface area contributed by atoms with Gasteiger partial charge in [-0.2, -0.15) is 0 Å². The third-order valence-corrected chi connectivity index (χ3v) is 8.75. The molecule has 17 heteroatoms. The lowest BCUT2D eigenvalue weighted by Crippen LogP contribution is -2.56. The average molecular weight is 783 g/mol. The van der Waals surface area contributed by atoms with Crippen molar-refractivity contribution in [2.75, 3.05) is 39.8 Å². The maximum Gasteiger partial charge on any atom is 0.248 e. The summed E-state index contributed by atoms with van der Waals surface area (Å²) in [6.07, 6.45) is 0.834. The average Bonchev–Trinajstić information content (AvgIpc) is 3.53. The van der Waals surface area contributed by atoms with Gasteiger partial charge >= 0.3 is 0 Å². The van der Waals surface area contributed by atoms with Crippen LogP contribution in [0.1, 0.15) is 57.8 Å². The number of aromatic nitrogens is 1. The molecule has 304 valence electrons. The van der Waals surface area contributed by atoms with Crippen molar-refractivity contribution in [3.8, 4) is 11.1 Å². The number of carbonyl (C=O) groups excluding carboxylic acids is 6. The number of nitrogens with one attached hydrogen (secondary N) is 5. The largest absolute Gasteiger partial charge is 0.387 e. The Morgan fingerprint density at radius 2 is 1.61 bits per heavy atom. The number of hydrogen-bond donors (Lipinski definition) is 7. The van der Waals surface area contributed by atoms with Crippen LogP contribution in [0, 0.1) is 17.0 Å². The molecule has 0 aliphatic rings. The zero-order valence-electron chi connectivity index (χ0n) is 32.3. The summed E-state index contributed by atoms with van der Waals surface area (Å²) in [5.41, 5.74) is 6.32. The van der Waals surface area contributed by atoms with Crippen LogP contribution in [-0.4, -0.2) is 102 Å². The highest BCUT2D eigenvalue weighted by Crippen LogP contribution is 2.41. The number of hydrogen-bond acceptors (Lipinski definition) is 8. The van der Waals surface area contributed by atoms with Gasteiger partial charge in [0.25, 0.3) is 0 Å². The quantitative estimate of drug-likeness (QED) is 0.0822. The molecule has 0 radical (unpaired) electrons. The summed E-state index contributed by atoms with van der Waals surface area (Å²) in [6, 6.07) is 10.5. The van der Waals surface area contributed by atoms with E-state index in [1.165, 1.54) is 11.8 Å².